The van der Waals surface area contributed by atoms with Gasteiger partial charge in [-0.1, -0.05) is 38.1 Å². The molecule has 0 saturated heterocycles. The Morgan fingerprint density at radius 2 is 1.89 bits per heavy atom. The Labute approximate surface area is 109 Å². The van der Waals surface area contributed by atoms with Crippen molar-refractivity contribution in [2.75, 3.05) is 0 Å². The zero-order valence-electron chi connectivity index (χ0n) is 11.2. The van der Waals surface area contributed by atoms with Crippen LogP contribution in [-0.2, 0) is 4.79 Å². The van der Waals surface area contributed by atoms with E-state index in [-0.39, 0.29) is 12.5 Å². The summed E-state index contributed by atoms with van der Waals surface area (Å²) in [5.74, 6) is -0.224. The van der Waals surface area contributed by atoms with Crippen LogP contribution in [0.25, 0.3) is 0 Å². The fourth-order valence-corrected chi connectivity index (χ4v) is 2.25. The molecule has 0 aliphatic carbocycles. The second kappa shape index (κ2) is 7.17. The van der Waals surface area contributed by atoms with Crippen molar-refractivity contribution >= 4 is 5.97 Å². The summed E-state index contributed by atoms with van der Waals surface area (Å²) in [6.45, 7) is 4.37. The van der Waals surface area contributed by atoms with Crippen LogP contribution in [0.4, 0.5) is 0 Å². The highest BCUT2D eigenvalue weighted by Crippen LogP contribution is 2.26. The third kappa shape index (κ3) is 4.15. The Kier molecular flexibility index (Phi) is 5.86. The number of carboxylic acid groups (broad SMARTS) is 1. The van der Waals surface area contributed by atoms with Crippen molar-refractivity contribution in [3.63, 3.8) is 0 Å². The minimum absolute atomic E-state index is 0.121. The summed E-state index contributed by atoms with van der Waals surface area (Å²) in [5.41, 5.74) is 8.38. The highest BCUT2D eigenvalue weighted by molar-refractivity contribution is 5.66. The average Bonchev–Trinajstić information content (AvgIpc) is 2.38. The number of hydrogen-bond acceptors (Lipinski definition) is 2. The Hall–Kier alpha value is -1.35. The van der Waals surface area contributed by atoms with Gasteiger partial charge in [0.15, 0.2) is 0 Å². The molecule has 0 spiro atoms. The quantitative estimate of drug-likeness (QED) is 0.778. The molecular weight excluding hydrogens is 226 g/mol. The van der Waals surface area contributed by atoms with Gasteiger partial charge in [0.05, 0.1) is 0 Å². The lowest BCUT2D eigenvalue weighted by molar-refractivity contribution is -0.137. The molecule has 3 nitrogen and oxygen atoms in total. The van der Waals surface area contributed by atoms with Gasteiger partial charge in [-0.2, -0.15) is 0 Å². The van der Waals surface area contributed by atoms with E-state index in [0.717, 1.165) is 18.4 Å². The maximum atomic E-state index is 10.5. The lowest BCUT2D eigenvalue weighted by Crippen LogP contribution is -2.12. The highest BCUT2D eigenvalue weighted by Gasteiger charge is 2.11. The van der Waals surface area contributed by atoms with Gasteiger partial charge in [0.25, 0.3) is 0 Å². The van der Waals surface area contributed by atoms with Crippen molar-refractivity contribution in [3.05, 3.63) is 35.4 Å². The van der Waals surface area contributed by atoms with Crippen LogP contribution in [0.1, 0.15) is 62.6 Å². The molecule has 0 aromatic heterocycles. The number of rotatable bonds is 7. The molecule has 0 aliphatic heterocycles. The van der Waals surface area contributed by atoms with Gasteiger partial charge in [0.1, 0.15) is 0 Å². The van der Waals surface area contributed by atoms with E-state index in [1.165, 1.54) is 5.56 Å². The maximum Gasteiger partial charge on any atom is 0.303 e. The van der Waals surface area contributed by atoms with Crippen LogP contribution >= 0.6 is 0 Å². The zero-order valence-corrected chi connectivity index (χ0v) is 11.2. The van der Waals surface area contributed by atoms with E-state index in [1.54, 1.807) is 0 Å². The van der Waals surface area contributed by atoms with E-state index in [0.29, 0.717) is 12.3 Å². The first kappa shape index (κ1) is 14.7. The standard InChI is InChI=1S/C15H23NO2/c1-3-11(4-2)12-6-5-7-13(10-12)14(16)8-9-15(17)18/h5-7,10-11,14H,3-4,8-9,16H2,1-2H3,(H,17,18). The van der Waals surface area contributed by atoms with Gasteiger partial charge in [-0.3, -0.25) is 4.79 Å². The van der Waals surface area contributed by atoms with Crippen LogP contribution in [0.5, 0.6) is 0 Å². The maximum absolute atomic E-state index is 10.5. The molecule has 0 radical (unpaired) electrons. The van der Waals surface area contributed by atoms with Gasteiger partial charge < -0.3 is 10.8 Å². The Bertz CT molecular complexity index is 386. The summed E-state index contributed by atoms with van der Waals surface area (Å²) in [6.07, 6.45) is 2.84. The summed E-state index contributed by atoms with van der Waals surface area (Å²) in [7, 11) is 0. The van der Waals surface area contributed by atoms with E-state index in [4.69, 9.17) is 10.8 Å². The first-order chi connectivity index (χ1) is 8.58. The van der Waals surface area contributed by atoms with Crippen LogP contribution < -0.4 is 5.73 Å². The van der Waals surface area contributed by atoms with E-state index in [1.807, 2.05) is 12.1 Å². The van der Waals surface area contributed by atoms with E-state index in [2.05, 4.69) is 26.0 Å². The molecule has 3 heteroatoms. The first-order valence-corrected chi connectivity index (χ1v) is 6.65. The molecule has 0 amide bonds. The number of benzene rings is 1. The number of carbonyl (C=O) groups is 1. The largest absolute Gasteiger partial charge is 0.481 e. The lowest BCUT2D eigenvalue weighted by Gasteiger charge is -2.16. The van der Waals surface area contributed by atoms with Crippen molar-refractivity contribution in [2.24, 2.45) is 5.73 Å². The third-order valence-corrected chi connectivity index (χ3v) is 3.47. The Morgan fingerprint density at radius 3 is 2.44 bits per heavy atom. The first-order valence-electron chi connectivity index (χ1n) is 6.65. The second-order valence-corrected chi connectivity index (χ2v) is 4.72. The van der Waals surface area contributed by atoms with Crippen LogP contribution in [0.15, 0.2) is 24.3 Å². The number of carboxylic acids is 1. The normalized spacial score (nSPS) is 12.7. The van der Waals surface area contributed by atoms with Crippen LogP contribution in [0.2, 0.25) is 0 Å². The predicted octanol–water partition coefficient (Wildman–Crippen LogP) is 3.45. The highest BCUT2D eigenvalue weighted by atomic mass is 16.4. The number of nitrogens with two attached hydrogens (primary N) is 1. The predicted molar refractivity (Wildman–Crippen MR) is 73.6 cm³/mol. The van der Waals surface area contributed by atoms with Gasteiger partial charge in [0, 0.05) is 12.5 Å². The minimum atomic E-state index is -0.790. The smallest absolute Gasteiger partial charge is 0.303 e. The van der Waals surface area contributed by atoms with Crippen molar-refractivity contribution in [2.45, 2.75) is 51.5 Å². The summed E-state index contributed by atoms with van der Waals surface area (Å²) >= 11 is 0. The van der Waals surface area contributed by atoms with E-state index < -0.39 is 5.97 Å². The SMILES string of the molecule is CCC(CC)c1cccc(C(N)CCC(=O)O)c1. The van der Waals surface area contributed by atoms with E-state index >= 15 is 0 Å². The third-order valence-electron chi connectivity index (χ3n) is 3.47. The molecule has 0 fully saturated rings. The molecule has 0 saturated carbocycles. The molecule has 0 aliphatic rings. The Balaban J connectivity index is 2.77. The second-order valence-electron chi connectivity index (χ2n) is 4.72. The van der Waals surface area contributed by atoms with Crippen molar-refractivity contribution < 1.29 is 9.90 Å². The molecule has 18 heavy (non-hydrogen) atoms. The monoisotopic (exact) mass is 249 g/mol. The van der Waals surface area contributed by atoms with Crippen molar-refractivity contribution in [1.29, 1.82) is 0 Å². The molecule has 0 heterocycles. The van der Waals surface area contributed by atoms with Crippen molar-refractivity contribution in [1.82, 2.24) is 0 Å². The molecule has 1 atom stereocenters. The van der Waals surface area contributed by atoms with Crippen LogP contribution in [0.3, 0.4) is 0 Å². The molecule has 1 rings (SSSR count). The van der Waals surface area contributed by atoms with Gasteiger partial charge >= 0.3 is 5.97 Å². The van der Waals surface area contributed by atoms with Gasteiger partial charge in [-0.15, -0.1) is 0 Å². The van der Waals surface area contributed by atoms with Crippen LogP contribution in [0, 0.1) is 0 Å². The van der Waals surface area contributed by atoms with Gasteiger partial charge in [-0.25, -0.2) is 0 Å². The summed E-state index contributed by atoms with van der Waals surface area (Å²) in [5, 5.41) is 8.67. The number of aliphatic carboxylic acids is 1. The van der Waals surface area contributed by atoms with Crippen LogP contribution in [-0.4, -0.2) is 11.1 Å². The van der Waals surface area contributed by atoms with Crippen molar-refractivity contribution in [3.8, 4) is 0 Å². The molecular formula is C15H23NO2. The van der Waals surface area contributed by atoms with Gasteiger partial charge in [0.2, 0.25) is 0 Å². The topological polar surface area (TPSA) is 63.3 Å². The van der Waals surface area contributed by atoms with E-state index in [9.17, 15) is 4.79 Å². The molecule has 1 aromatic carbocycles. The zero-order chi connectivity index (χ0) is 13.5. The summed E-state index contributed by atoms with van der Waals surface area (Å²) < 4.78 is 0. The summed E-state index contributed by atoms with van der Waals surface area (Å²) in [6, 6.07) is 8.08. The van der Waals surface area contributed by atoms with Gasteiger partial charge in [-0.05, 0) is 36.3 Å². The number of hydrogen-bond donors (Lipinski definition) is 2. The lowest BCUT2D eigenvalue weighted by atomic mass is 9.91. The average molecular weight is 249 g/mol. The fraction of sp³-hybridized carbons (Fsp3) is 0.533. The molecule has 3 N–H and O–H groups in total. The molecule has 0 bridgehead atoms. The minimum Gasteiger partial charge on any atom is -0.481 e. The molecule has 1 aromatic rings. The fourth-order valence-electron chi connectivity index (χ4n) is 2.25. The molecule has 100 valence electrons. The Morgan fingerprint density at radius 1 is 1.28 bits per heavy atom. The molecule has 1 unspecified atom stereocenters. The summed E-state index contributed by atoms with van der Waals surface area (Å²) in [4.78, 5) is 10.5.